The summed E-state index contributed by atoms with van der Waals surface area (Å²) in [5.41, 5.74) is -2.00. The minimum absolute atomic E-state index is 0.515. The fourth-order valence-electron chi connectivity index (χ4n) is 3.25. The summed E-state index contributed by atoms with van der Waals surface area (Å²) in [4.78, 5) is 0. The Kier molecular flexibility index (Phi) is 10.4. The molecule has 0 radical (unpaired) electrons. The van der Waals surface area contributed by atoms with Crippen molar-refractivity contribution in [3.63, 3.8) is 0 Å². The lowest BCUT2D eigenvalue weighted by Crippen LogP contribution is -2.66. The zero-order valence-corrected chi connectivity index (χ0v) is 22.4. The van der Waals surface area contributed by atoms with Gasteiger partial charge in [0.1, 0.15) is 9.13 Å². The van der Waals surface area contributed by atoms with E-state index >= 15 is 0 Å². The maximum absolute atomic E-state index is 11.0. The van der Waals surface area contributed by atoms with E-state index < -0.39 is 25.1 Å². The first-order valence-electron chi connectivity index (χ1n) is 10.2. The van der Waals surface area contributed by atoms with Gasteiger partial charge >= 0.3 is 0 Å². The topological polar surface area (TPSA) is 49.7 Å². The first kappa shape index (κ1) is 27.1. The molecule has 166 valence electrons. The van der Waals surface area contributed by atoms with E-state index in [1.165, 1.54) is 5.56 Å². The monoisotopic (exact) mass is 474 g/mol. The lowest BCUT2D eigenvalue weighted by Gasteiger charge is -2.53. The van der Waals surface area contributed by atoms with Crippen molar-refractivity contribution in [3.8, 4) is 0 Å². The Hall–Kier alpha value is 0.107. The fraction of sp³-hybridized carbons (Fsp3) is 0.682. The lowest BCUT2D eigenvalue weighted by atomic mass is 9.73. The van der Waals surface area contributed by atoms with E-state index in [4.69, 9.17) is 16.6 Å². The van der Waals surface area contributed by atoms with Crippen LogP contribution in [0.2, 0.25) is 19.1 Å². The Morgan fingerprint density at radius 1 is 1.07 bits per heavy atom. The molecule has 0 fully saturated rings. The van der Waals surface area contributed by atoms with E-state index in [1.807, 2.05) is 19.9 Å². The van der Waals surface area contributed by atoms with E-state index in [0.29, 0.717) is 6.42 Å². The summed E-state index contributed by atoms with van der Waals surface area (Å²) >= 11 is 8.95. The Bertz CT molecular complexity index is 644. The molecule has 0 spiro atoms. The predicted molar refractivity (Wildman–Crippen MR) is 136 cm³/mol. The van der Waals surface area contributed by atoms with Crippen molar-refractivity contribution in [3.05, 3.63) is 35.9 Å². The third kappa shape index (κ3) is 8.28. The maximum atomic E-state index is 11.0. The molecule has 2 atom stereocenters. The highest BCUT2D eigenvalue weighted by molar-refractivity contribution is 8.46. The number of aliphatic hydroxyl groups is 2. The molecule has 1 rings (SSSR count). The van der Waals surface area contributed by atoms with Gasteiger partial charge in [-0.3, -0.25) is 0 Å². The number of thioether (sulfide) groups is 2. The van der Waals surface area contributed by atoms with Crippen LogP contribution in [0.1, 0.15) is 53.0 Å². The second-order valence-electron chi connectivity index (χ2n) is 9.06. The molecular formula is C22H38O3S3Si. The van der Waals surface area contributed by atoms with Crippen LogP contribution in [0, 0.1) is 0 Å². The number of hydrogen-bond donors (Lipinski definition) is 2. The van der Waals surface area contributed by atoms with Crippen LogP contribution < -0.4 is 0 Å². The molecule has 0 bridgehead atoms. The van der Waals surface area contributed by atoms with Crippen molar-refractivity contribution in [2.45, 2.75) is 89.2 Å². The lowest BCUT2D eigenvalue weighted by molar-refractivity contribution is -0.209. The molecule has 1 aromatic rings. The van der Waals surface area contributed by atoms with Gasteiger partial charge in [0.05, 0.1) is 11.2 Å². The third-order valence-corrected chi connectivity index (χ3v) is 11.1. The summed E-state index contributed by atoms with van der Waals surface area (Å²) in [5, 5.41) is 21.7. The van der Waals surface area contributed by atoms with Gasteiger partial charge in [-0.25, -0.2) is 0 Å². The molecule has 0 saturated carbocycles. The molecular weight excluding hydrogens is 437 g/mol. The summed E-state index contributed by atoms with van der Waals surface area (Å²) < 4.78 is 7.53. The SMILES string of the molecule is CCC(C)(O)C(C)(O[Si](C)(C)CCCSC(=S)SCc1ccccc1)C(C)(C)O. The van der Waals surface area contributed by atoms with E-state index in [9.17, 15) is 10.2 Å². The highest BCUT2D eigenvalue weighted by atomic mass is 32.2. The van der Waals surface area contributed by atoms with E-state index in [-0.39, 0.29) is 0 Å². The van der Waals surface area contributed by atoms with Crippen molar-refractivity contribution in [1.29, 1.82) is 0 Å². The predicted octanol–water partition coefficient (Wildman–Crippen LogP) is 6.24. The molecule has 3 nitrogen and oxygen atoms in total. The summed E-state index contributed by atoms with van der Waals surface area (Å²) in [5.74, 6) is 1.87. The largest absolute Gasteiger partial charge is 0.406 e. The standard InChI is InChI=1S/C22H38O3S3Si/c1-8-21(4,24)22(5,20(2,3)23)25-29(6,7)16-12-15-27-19(26)28-17-18-13-10-9-11-14-18/h9-11,13-14,23-24H,8,12,15-17H2,1-7H3. The van der Waals surface area contributed by atoms with Gasteiger partial charge in [0.25, 0.3) is 0 Å². The molecule has 0 aliphatic rings. The van der Waals surface area contributed by atoms with Crippen LogP contribution in [0.15, 0.2) is 30.3 Å². The smallest absolute Gasteiger partial charge is 0.187 e. The summed E-state index contributed by atoms with van der Waals surface area (Å²) in [6.07, 6.45) is 1.52. The van der Waals surface area contributed by atoms with E-state index in [0.717, 1.165) is 27.5 Å². The van der Waals surface area contributed by atoms with Gasteiger partial charge in [-0.2, -0.15) is 0 Å². The molecule has 0 saturated heterocycles. The Labute approximate surface area is 192 Å². The van der Waals surface area contributed by atoms with Gasteiger partial charge < -0.3 is 14.6 Å². The summed E-state index contributed by atoms with van der Waals surface area (Å²) in [6, 6.07) is 11.3. The zero-order chi connectivity index (χ0) is 22.3. The molecule has 2 unspecified atom stereocenters. The quantitative estimate of drug-likeness (QED) is 0.225. The maximum Gasteiger partial charge on any atom is 0.187 e. The highest BCUT2D eigenvalue weighted by Gasteiger charge is 2.55. The normalized spacial score (nSPS) is 16.9. The fourth-order valence-corrected chi connectivity index (χ4v) is 8.33. The minimum atomic E-state index is -2.10. The molecule has 2 N–H and O–H groups in total. The van der Waals surface area contributed by atoms with Crippen LogP contribution in [0.3, 0.4) is 0 Å². The van der Waals surface area contributed by atoms with Gasteiger partial charge in [0.2, 0.25) is 0 Å². The van der Waals surface area contributed by atoms with Crippen LogP contribution >= 0.6 is 35.7 Å². The molecule has 0 amide bonds. The van der Waals surface area contributed by atoms with Crippen molar-refractivity contribution in [2.24, 2.45) is 0 Å². The first-order valence-corrected chi connectivity index (χ1v) is 15.7. The molecule has 0 heterocycles. The van der Waals surface area contributed by atoms with Gasteiger partial charge in [0.15, 0.2) is 8.32 Å². The highest BCUT2D eigenvalue weighted by Crippen LogP contribution is 2.41. The van der Waals surface area contributed by atoms with Crippen LogP contribution in [-0.2, 0) is 10.2 Å². The minimum Gasteiger partial charge on any atom is -0.406 e. The Morgan fingerprint density at radius 2 is 1.66 bits per heavy atom. The Morgan fingerprint density at radius 3 is 2.17 bits per heavy atom. The van der Waals surface area contributed by atoms with Crippen LogP contribution in [0.5, 0.6) is 0 Å². The number of benzene rings is 1. The van der Waals surface area contributed by atoms with Crippen LogP contribution in [0.4, 0.5) is 0 Å². The molecule has 7 heteroatoms. The number of hydrogen-bond acceptors (Lipinski definition) is 6. The van der Waals surface area contributed by atoms with Crippen LogP contribution in [-0.4, -0.2) is 44.6 Å². The van der Waals surface area contributed by atoms with E-state index in [1.54, 1.807) is 44.3 Å². The average Bonchev–Trinajstić information content (AvgIpc) is 2.63. The Balaban J connectivity index is 2.52. The molecule has 1 aromatic carbocycles. The third-order valence-electron chi connectivity index (χ3n) is 5.71. The second kappa shape index (κ2) is 11.1. The molecule has 0 aliphatic carbocycles. The van der Waals surface area contributed by atoms with Gasteiger partial charge in [-0.15, -0.1) is 23.5 Å². The summed E-state index contributed by atoms with van der Waals surface area (Å²) in [7, 11) is -2.10. The number of thiocarbonyl (C=S) groups is 1. The first-order chi connectivity index (χ1) is 13.2. The van der Waals surface area contributed by atoms with Crippen molar-refractivity contribution < 1.29 is 14.6 Å². The second-order valence-corrected chi connectivity index (χ2v) is 16.6. The summed E-state index contributed by atoms with van der Waals surface area (Å²) in [6.45, 7) is 13.3. The van der Waals surface area contributed by atoms with Crippen LogP contribution in [0.25, 0.3) is 0 Å². The molecule has 29 heavy (non-hydrogen) atoms. The zero-order valence-electron chi connectivity index (χ0n) is 18.9. The van der Waals surface area contributed by atoms with Gasteiger partial charge in [-0.1, -0.05) is 49.5 Å². The molecule has 0 aliphatic heterocycles. The average molecular weight is 475 g/mol. The molecule has 0 aromatic heterocycles. The number of rotatable bonds is 11. The van der Waals surface area contributed by atoms with Crippen molar-refractivity contribution in [1.82, 2.24) is 0 Å². The van der Waals surface area contributed by atoms with E-state index in [2.05, 4.69) is 37.4 Å². The van der Waals surface area contributed by atoms with Gasteiger partial charge in [0, 0.05) is 5.75 Å². The van der Waals surface area contributed by atoms with Gasteiger partial charge in [-0.05, 0) is 71.0 Å². The van der Waals surface area contributed by atoms with Crippen molar-refractivity contribution in [2.75, 3.05) is 5.75 Å². The van der Waals surface area contributed by atoms with Crippen molar-refractivity contribution >= 4 is 47.6 Å².